The number of aromatic hydroxyl groups is 1. The zero-order valence-electron chi connectivity index (χ0n) is 9.56. The number of carbonyl (C=O) groups excluding carboxylic acids is 2. The summed E-state index contributed by atoms with van der Waals surface area (Å²) in [6, 6.07) is 6.25. The average molecular weight is 233 g/mol. The van der Waals surface area contributed by atoms with Gasteiger partial charge in [0.1, 0.15) is 11.5 Å². The molecule has 0 saturated carbocycles. The number of hydrogen-bond donors (Lipinski definition) is 1. The van der Waals surface area contributed by atoms with Gasteiger partial charge in [-0.1, -0.05) is 0 Å². The molecule has 0 atom stereocenters. The van der Waals surface area contributed by atoms with Crippen molar-refractivity contribution < 1.29 is 14.7 Å². The first-order valence-corrected chi connectivity index (χ1v) is 5.71. The number of likely N-dealkylation sites (tertiary alicyclic amines) is 1. The minimum atomic E-state index is 0.0272. The number of hydrogen-bond acceptors (Lipinski definition) is 4. The molecule has 0 amide bonds. The summed E-state index contributed by atoms with van der Waals surface area (Å²) in [6.07, 6.45) is 1.09. The number of phenols is 1. The lowest BCUT2D eigenvalue weighted by atomic mass is 10.1. The van der Waals surface area contributed by atoms with E-state index in [0.29, 0.717) is 38.0 Å². The lowest BCUT2D eigenvalue weighted by molar-refractivity contribution is -0.121. The van der Waals surface area contributed by atoms with Crippen molar-refractivity contribution in [1.29, 1.82) is 0 Å². The maximum absolute atomic E-state index is 11.9. The molecule has 0 aromatic heterocycles. The largest absolute Gasteiger partial charge is 0.508 e. The Morgan fingerprint density at radius 2 is 1.76 bits per heavy atom. The van der Waals surface area contributed by atoms with Crippen LogP contribution in [0.2, 0.25) is 0 Å². The third-order valence-corrected chi connectivity index (χ3v) is 2.97. The molecule has 1 aromatic rings. The van der Waals surface area contributed by atoms with Gasteiger partial charge in [-0.05, 0) is 24.3 Å². The molecule has 1 aromatic carbocycles. The minimum absolute atomic E-state index is 0.0272. The predicted molar refractivity (Wildman–Crippen MR) is 63.1 cm³/mol. The van der Waals surface area contributed by atoms with Crippen LogP contribution in [-0.4, -0.2) is 41.2 Å². The van der Waals surface area contributed by atoms with Crippen LogP contribution in [0.4, 0.5) is 0 Å². The second-order valence-corrected chi connectivity index (χ2v) is 4.28. The van der Waals surface area contributed by atoms with Crippen LogP contribution in [0.15, 0.2) is 24.3 Å². The molecular formula is C13H15NO3. The van der Waals surface area contributed by atoms with E-state index in [1.165, 1.54) is 12.1 Å². The Bertz CT molecular complexity index is 415. The monoisotopic (exact) mass is 233 g/mol. The summed E-state index contributed by atoms with van der Waals surface area (Å²) in [6.45, 7) is 1.68. The molecule has 17 heavy (non-hydrogen) atoms. The molecule has 0 radical (unpaired) electrons. The first-order valence-electron chi connectivity index (χ1n) is 5.71. The number of piperidine rings is 1. The van der Waals surface area contributed by atoms with Gasteiger partial charge in [0.2, 0.25) is 0 Å². The first-order chi connectivity index (χ1) is 8.15. The van der Waals surface area contributed by atoms with Crippen LogP contribution in [0, 0.1) is 0 Å². The second kappa shape index (κ2) is 5.10. The van der Waals surface area contributed by atoms with Crippen LogP contribution in [-0.2, 0) is 4.79 Å². The van der Waals surface area contributed by atoms with Crippen molar-refractivity contribution in [1.82, 2.24) is 4.90 Å². The Kier molecular flexibility index (Phi) is 3.54. The zero-order valence-corrected chi connectivity index (χ0v) is 9.56. The number of nitrogens with zero attached hydrogens (tertiary/aromatic N) is 1. The van der Waals surface area contributed by atoms with Gasteiger partial charge >= 0.3 is 0 Å². The minimum Gasteiger partial charge on any atom is -0.508 e. The van der Waals surface area contributed by atoms with E-state index in [0.717, 1.165) is 0 Å². The van der Waals surface area contributed by atoms with Gasteiger partial charge in [0, 0.05) is 31.5 Å². The van der Waals surface area contributed by atoms with Gasteiger partial charge in [-0.3, -0.25) is 14.5 Å². The Morgan fingerprint density at radius 3 is 2.35 bits per heavy atom. The summed E-state index contributed by atoms with van der Waals surface area (Å²) in [5.41, 5.74) is 0.597. The van der Waals surface area contributed by atoms with Crippen LogP contribution in [0.3, 0.4) is 0 Å². The van der Waals surface area contributed by atoms with Gasteiger partial charge in [0.05, 0.1) is 6.54 Å². The van der Waals surface area contributed by atoms with Gasteiger partial charge in [-0.25, -0.2) is 0 Å². The van der Waals surface area contributed by atoms with Crippen molar-refractivity contribution in [2.24, 2.45) is 0 Å². The summed E-state index contributed by atoms with van der Waals surface area (Å²) in [4.78, 5) is 25.0. The molecule has 4 nitrogen and oxygen atoms in total. The summed E-state index contributed by atoms with van der Waals surface area (Å²) in [5.74, 6) is 0.461. The normalized spacial score (nSPS) is 17.1. The van der Waals surface area contributed by atoms with E-state index >= 15 is 0 Å². The van der Waals surface area contributed by atoms with E-state index in [1.807, 2.05) is 4.90 Å². The highest BCUT2D eigenvalue weighted by atomic mass is 16.3. The predicted octanol–water partition coefficient (Wildman–Crippen LogP) is 1.24. The molecule has 1 aliphatic rings. The highest BCUT2D eigenvalue weighted by Crippen LogP contribution is 2.12. The van der Waals surface area contributed by atoms with Crippen molar-refractivity contribution in [2.75, 3.05) is 19.6 Å². The van der Waals surface area contributed by atoms with Crippen molar-refractivity contribution in [3.63, 3.8) is 0 Å². The number of benzene rings is 1. The standard InChI is InChI=1S/C13H15NO3/c15-11-3-1-10(2-4-11)13(17)9-14-7-5-12(16)6-8-14/h1-4,15H,5-9H2. The molecule has 2 rings (SSSR count). The molecule has 0 aliphatic carbocycles. The van der Waals surface area contributed by atoms with Crippen LogP contribution in [0.1, 0.15) is 23.2 Å². The van der Waals surface area contributed by atoms with Gasteiger partial charge in [-0.2, -0.15) is 0 Å². The third-order valence-electron chi connectivity index (χ3n) is 2.97. The molecular weight excluding hydrogens is 218 g/mol. The SMILES string of the molecule is O=C1CCN(CC(=O)c2ccc(O)cc2)CC1. The van der Waals surface area contributed by atoms with E-state index in [-0.39, 0.29) is 17.3 Å². The van der Waals surface area contributed by atoms with Crippen LogP contribution in [0.25, 0.3) is 0 Å². The van der Waals surface area contributed by atoms with Crippen LogP contribution < -0.4 is 0 Å². The molecule has 1 fully saturated rings. The smallest absolute Gasteiger partial charge is 0.176 e. The Balaban J connectivity index is 1.93. The van der Waals surface area contributed by atoms with Crippen LogP contribution >= 0.6 is 0 Å². The summed E-state index contributed by atoms with van der Waals surface area (Å²) < 4.78 is 0. The lowest BCUT2D eigenvalue weighted by Crippen LogP contribution is -2.37. The van der Waals surface area contributed by atoms with E-state index in [4.69, 9.17) is 5.11 Å². The topological polar surface area (TPSA) is 57.6 Å². The van der Waals surface area contributed by atoms with Gasteiger partial charge in [0.15, 0.2) is 5.78 Å². The molecule has 0 spiro atoms. The third kappa shape index (κ3) is 3.14. The molecule has 4 heteroatoms. The number of rotatable bonds is 3. The second-order valence-electron chi connectivity index (χ2n) is 4.28. The maximum Gasteiger partial charge on any atom is 0.176 e. The molecule has 1 saturated heterocycles. The number of phenolic OH excluding ortho intramolecular Hbond substituents is 1. The van der Waals surface area contributed by atoms with E-state index in [1.54, 1.807) is 12.1 Å². The molecule has 90 valence electrons. The quantitative estimate of drug-likeness (QED) is 0.798. The fraction of sp³-hybridized carbons (Fsp3) is 0.385. The van der Waals surface area contributed by atoms with Gasteiger partial charge in [-0.15, -0.1) is 0 Å². The molecule has 1 heterocycles. The Morgan fingerprint density at radius 1 is 1.18 bits per heavy atom. The summed E-state index contributed by atoms with van der Waals surface area (Å²) in [7, 11) is 0. The van der Waals surface area contributed by atoms with Gasteiger partial charge < -0.3 is 5.11 Å². The number of carbonyl (C=O) groups is 2. The fourth-order valence-corrected chi connectivity index (χ4v) is 1.90. The van der Waals surface area contributed by atoms with E-state index in [2.05, 4.69) is 0 Å². The average Bonchev–Trinajstić information content (AvgIpc) is 2.33. The van der Waals surface area contributed by atoms with Crippen molar-refractivity contribution in [2.45, 2.75) is 12.8 Å². The number of ketones is 2. The van der Waals surface area contributed by atoms with Crippen molar-refractivity contribution >= 4 is 11.6 Å². The summed E-state index contributed by atoms with van der Waals surface area (Å²) in [5, 5.41) is 9.13. The highest BCUT2D eigenvalue weighted by Gasteiger charge is 2.18. The molecule has 0 bridgehead atoms. The van der Waals surface area contributed by atoms with E-state index in [9.17, 15) is 9.59 Å². The van der Waals surface area contributed by atoms with Crippen LogP contribution in [0.5, 0.6) is 5.75 Å². The lowest BCUT2D eigenvalue weighted by Gasteiger charge is -2.24. The van der Waals surface area contributed by atoms with E-state index < -0.39 is 0 Å². The number of Topliss-reactive ketones (excluding diaryl/α,β-unsaturated/α-hetero) is 2. The fourth-order valence-electron chi connectivity index (χ4n) is 1.90. The van der Waals surface area contributed by atoms with Crippen molar-refractivity contribution in [3.8, 4) is 5.75 Å². The molecule has 0 unspecified atom stereocenters. The molecule has 1 aliphatic heterocycles. The zero-order chi connectivity index (χ0) is 12.3. The van der Waals surface area contributed by atoms with Crippen molar-refractivity contribution in [3.05, 3.63) is 29.8 Å². The highest BCUT2D eigenvalue weighted by molar-refractivity contribution is 5.97. The first kappa shape index (κ1) is 11.8. The molecule has 1 N–H and O–H groups in total. The Labute approximate surface area is 99.9 Å². The maximum atomic E-state index is 11.9. The summed E-state index contributed by atoms with van der Waals surface area (Å²) >= 11 is 0. The van der Waals surface area contributed by atoms with Gasteiger partial charge in [0.25, 0.3) is 0 Å². The Hall–Kier alpha value is -1.68.